The number of pyridine rings is 1. The van der Waals surface area contributed by atoms with Crippen LogP contribution >= 0.6 is 0 Å². The van der Waals surface area contributed by atoms with E-state index >= 15 is 0 Å². The fourth-order valence-electron chi connectivity index (χ4n) is 1.83. The van der Waals surface area contributed by atoms with Crippen LogP contribution in [0.1, 0.15) is 23.2 Å². The van der Waals surface area contributed by atoms with Crippen molar-refractivity contribution in [1.29, 1.82) is 0 Å². The van der Waals surface area contributed by atoms with Gasteiger partial charge in [-0.15, -0.1) is 0 Å². The van der Waals surface area contributed by atoms with Crippen molar-refractivity contribution >= 4 is 5.91 Å². The first-order chi connectivity index (χ1) is 7.66. The molecular formula is C11H14N2O3. The third-order valence-electron chi connectivity index (χ3n) is 2.77. The second-order valence-electron chi connectivity index (χ2n) is 3.96. The van der Waals surface area contributed by atoms with Gasteiger partial charge < -0.3 is 15.0 Å². The Kier molecular flexibility index (Phi) is 3.05. The molecule has 16 heavy (non-hydrogen) atoms. The molecule has 1 saturated heterocycles. The van der Waals surface area contributed by atoms with E-state index in [-0.39, 0.29) is 17.6 Å². The number of piperidine rings is 1. The summed E-state index contributed by atoms with van der Waals surface area (Å²) in [5.74, 6) is -0.141. The molecule has 0 aromatic carbocycles. The minimum absolute atomic E-state index is 0.141. The van der Waals surface area contributed by atoms with Gasteiger partial charge in [0.2, 0.25) is 5.56 Å². The molecule has 1 fully saturated rings. The Hall–Kier alpha value is -1.62. The number of rotatable bonds is 1. The van der Waals surface area contributed by atoms with E-state index in [0.29, 0.717) is 31.5 Å². The summed E-state index contributed by atoms with van der Waals surface area (Å²) >= 11 is 0. The van der Waals surface area contributed by atoms with Gasteiger partial charge in [0, 0.05) is 30.9 Å². The molecule has 5 heteroatoms. The molecule has 1 aliphatic rings. The predicted molar refractivity (Wildman–Crippen MR) is 58.2 cm³/mol. The van der Waals surface area contributed by atoms with Crippen molar-refractivity contribution in [2.75, 3.05) is 13.1 Å². The van der Waals surface area contributed by atoms with Gasteiger partial charge in [0.1, 0.15) is 0 Å². The third-order valence-corrected chi connectivity index (χ3v) is 2.77. The molecule has 0 spiro atoms. The maximum atomic E-state index is 12.0. The number of aliphatic hydroxyl groups is 1. The fourth-order valence-corrected chi connectivity index (χ4v) is 1.83. The Morgan fingerprint density at radius 3 is 2.75 bits per heavy atom. The van der Waals surface area contributed by atoms with Gasteiger partial charge in [-0.25, -0.2) is 0 Å². The molecule has 0 radical (unpaired) electrons. The SMILES string of the molecule is O=C(c1cc[nH]c(=O)c1)N1CCC(O)CC1. The molecule has 1 aliphatic heterocycles. The molecule has 0 atom stereocenters. The van der Waals surface area contributed by atoms with Gasteiger partial charge in [-0.05, 0) is 18.9 Å². The summed E-state index contributed by atoms with van der Waals surface area (Å²) < 4.78 is 0. The summed E-state index contributed by atoms with van der Waals surface area (Å²) in [7, 11) is 0. The second-order valence-corrected chi connectivity index (χ2v) is 3.96. The second kappa shape index (κ2) is 4.49. The number of nitrogens with one attached hydrogen (secondary N) is 1. The Labute approximate surface area is 92.7 Å². The van der Waals surface area contributed by atoms with Gasteiger partial charge >= 0.3 is 0 Å². The summed E-state index contributed by atoms with van der Waals surface area (Å²) in [5.41, 5.74) is 0.128. The summed E-state index contributed by atoms with van der Waals surface area (Å²) in [6, 6.07) is 2.89. The van der Waals surface area contributed by atoms with Crippen LogP contribution < -0.4 is 5.56 Å². The van der Waals surface area contributed by atoms with Crippen LogP contribution in [-0.4, -0.2) is 40.1 Å². The van der Waals surface area contributed by atoms with E-state index in [4.69, 9.17) is 0 Å². The topological polar surface area (TPSA) is 73.4 Å². The molecule has 0 saturated carbocycles. The lowest BCUT2D eigenvalue weighted by molar-refractivity contribution is 0.0546. The average molecular weight is 222 g/mol. The van der Waals surface area contributed by atoms with Crippen LogP contribution in [0.15, 0.2) is 23.1 Å². The highest BCUT2D eigenvalue weighted by molar-refractivity contribution is 5.94. The molecule has 2 N–H and O–H groups in total. The largest absolute Gasteiger partial charge is 0.393 e. The molecule has 2 rings (SSSR count). The van der Waals surface area contributed by atoms with Crippen molar-refractivity contribution in [2.45, 2.75) is 18.9 Å². The molecule has 2 heterocycles. The van der Waals surface area contributed by atoms with E-state index < -0.39 is 0 Å². The first-order valence-electron chi connectivity index (χ1n) is 5.33. The minimum Gasteiger partial charge on any atom is -0.393 e. The number of H-pyrrole nitrogens is 1. The number of aliphatic hydroxyl groups excluding tert-OH is 1. The molecule has 0 aliphatic carbocycles. The lowest BCUT2D eigenvalue weighted by Gasteiger charge is -2.29. The van der Waals surface area contributed by atoms with Crippen LogP contribution in [0.3, 0.4) is 0 Å². The van der Waals surface area contributed by atoms with Crippen LogP contribution in [0.25, 0.3) is 0 Å². The van der Waals surface area contributed by atoms with Crippen LogP contribution in [0.4, 0.5) is 0 Å². The van der Waals surface area contributed by atoms with E-state index in [1.807, 2.05) is 0 Å². The molecule has 1 aromatic heterocycles. The van der Waals surface area contributed by atoms with E-state index in [2.05, 4.69) is 4.98 Å². The summed E-state index contributed by atoms with van der Waals surface area (Å²) in [4.78, 5) is 27.2. The Balaban J connectivity index is 2.10. The highest BCUT2D eigenvalue weighted by Gasteiger charge is 2.22. The first-order valence-corrected chi connectivity index (χ1v) is 5.33. The van der Waals surface area contributed by atoms with E-state index in [1.54, 1.807) is 11.0 Å². The zero-order valence-electron chi connectivity index (χ0n) is 8.85. The predicted octanol–water partition coefficient (Wildman–Crippen LogP) is -0.0282. The van der Waals surface area contributed by atoms with Crippen LogP contribution in [0.5, 0.6) is 0 Å². The number of aromatic nitrogens is 1. The number of hydrogen-bond acceptors (Lipinski definition) is 3. The monoisotopic (exact) mass is 222 g/mol. The Morgan fingerprint density at radius 1 is 1.44 bits per heavy atom. The van der Waals surface area contributed by atoms with Gasteiger partial charge in [0.05, 0.1) is 6.10 Å². The van der Waals surface area contributed by atoms with E-state index in [9.17, 15) is 14.7 Å². The van der Waals surface area contributed by atoms with Gasteiger partial charge in [-0.1, -0.05) is 0 Å². The lowest BCUT2D eigenvalue weighted by Crippen LogP contribution is -2.40. The van der Waals surface area contributed by atoms with Crippen molar-refractivity contribution in [2.24, 2.45) is 0 Å². The molecule has 0 unspecified atom stereocenters. The first kappa shape index (κ1) is 10.9. The molecule has 1 amide bonds. The summed E-state index contributed by atoms with van der Waals surface area (Å²) in [6.07, 6.45) is 2.38. The molecule has 1 aromatic rings. The average Bonchev–Trinajstić information content (AvgIpc) is 2.29. The minimum atomic E-state index is -0.303. The third kappa shape index (κ3) is 2.30. The zero-order valence-corrected chi connectivity index (χ0v) is 8.85. The van der Waals surface area contributed by atoms with Crippen molar-refractivity contribution < 1.29 is 9.90 Å². The number of nitrogens with zero attached hydrogens (tertiary/aromatic N) is 1. The zero-order chi connectivity index (χ0) is 11.5. The van der Waals surface area contributed by atoms with E-state index in [1.165, 1.54) is 12.3 Å². The molecule has 86 valence electrons. The molecule has 5 nitrogen and oxygen atoms in total. The van der Waals surface area contributed by atoms with Crippen LogP contribution in [0.2, 0.25) is 0 Å². The molecule has 0 bridgehead atoms. The lowest BCUT2D eigenvalue weighted by atomic mass is 10.1. The van der Waals surface area contributed by atoms with Gasteiger partial charge in [-0.2, -0.15) is 0 Å². The van der Waals surface area contributed by atoms with Gasteiger partial charge in [0.25, 0.3) is 5.91 Å². The number of amides is 1. The van der Waals surface area contributed by atoms with E-state index in [0.717, 1.165) is 0 Å². The quantitative estimate of drug-likeness (QED) is 0.701. The number of aromatic amines is 1. The fraction of sp³-hybridized carbons (Fsp3) is 0.455. The number of hydrogen-bond donors (Lipinski definition) is 2. The molecular weight excluding hydrogens is 208 g/mol. The number of likely N-dealkylation sites (tertiary alicyclic amines) is 1. The normalized spacial score (nSPS) is 17.4. The van der Waals surface area contributed by atoms with Crippen molar-refractivity contribution in [1.82, 2.24) is 9.88 Å². The summed E-state index contributed by atoms with van der Waals surface area (Å²) in [5, 5.41) is 9.33. The standard InChI is InChI=1S/C11H14N2O3/c14-9-2-5-13(6-3-9)11(16)8-1-4-12-10(15)7-8/h1,4,7,9,14H,2-3,5-6H2,(H,12,15). The highest BCUT2D eigenvalue weighted by Crippen LogP contribution is 2.12. The van der Waals surface area contributed by atoms with Crippen molar-refractivity contribution in [3.63, 3.8) is 0 Å². The van der Waals surface area contributed by atoms with Gasteiger partial charge in [0.15, 0.2) is 0 Å². The summed E-state index contributed by atoms with van der Waals surface area (Å²) in [6.45, 7) is 1.10. The highest BCUT2D eigenvalue weighted by atomic mass is 16.3. The maximum absolute atomic E-state index is 12.0. The smallest absolute Gasteiger partial charge is 0.254 e. The van der Waals surface area contributed by atoms with Gasteiger partial charge in [-0.3, -0.25) is 9.59 Å². The number of carbonyl (C=O) groups is 1. The Morgan fingerprint density at radius 2 is 2.12 bits per heavy atom. The van der Waals surface area contributed by atoms with Crippen molar-refractivity contribution in [3.05, 3.63) is 34.2 Å². The maximum Gasteiger partial charge on any atom is 0.254 e. The Bertz CT molecular complexity index is 433. The van der Waals surface area contributed by atoms with Crippen LogP contribution in [-0.2, 0) is 0 Å². The van der Waals surface area contributed by atoms with Crippen LogP contribution in [0, 0.1) is 0 Å². The van der Waals surface area contributed by atoms with Crippen molar-refractivity contribution in [3.8, 4) is 0 Å². The number of carbonyl (C=O) groups excluding carboxylic acids is 1.